The van der Waals surface area contributed by atoms with E-state index in [2.05, 4.69) is 0 Å². The second kappa shape index (κ2) is 3.85. The number of carboxylic acid groups (broad SMARTS) is 1. The molecule has 0 saturated heterocycles. The summed E-state index contributed by atoms with van der Waals surface area (Å²) in [6.45, 7) is 0. The molecule has 2 aromatic rings. The minimum atomic E-state index is -1.11. The second-order valence-corrected chi connectivity index (χ2v) is 4.14. The molecule has 2 aromatic carbocycles. The van der Waals surface area contributed by atoms with Gasteiger partial charge in [0, 0.05) is 10.4 Å². The van der Waals surface area contributed by atoms with Crippen LogP contribution < -0.4 is 5.73 Å². The van der Waals surface area contributed by atoms with Gasteiger partial charge >= 0.3 is 5.97 Å². The van der Waals surface area contributed by atoms with Crippen molar-refractivity contribution >= 4 is 45.6 Å². The number of aromatic carboxylic acids is 1. The molecule has 0 radical (unpaired) electrons. The van der Waals surface area contributed by atoms with E-state index >= 15 is 0 Å². The van der Waals surface area contributed by atoms with Crippen LogP contribution in [-0.4, -0.2) is 11.1 Å². The molecule has 0 aliphatic heterocycles. The summed E-state index contributed by atoms with van der Waals surface area (Å²) in [7, 11) is 0. The molecule has 2 rings (SSSR count). The Hall–Kier alpha value is -1.45. The fourth-order valence-corrected chi connectivity index (χ4v) is 1.98. The van der Waals surface area contributed by atoms with Gasteiger partial charge in [0.25, 0.3) is 0 Å². The van der Waals surface area contributed by atoms with E-state index in [0.717, 1.165) is 0 Å². The zero-order valence-corrected chi connectivity index (χ0v) is 9.51. The van der Waals surface area contributed by atoms with Gasteiger partial charge in [-0.15, -0.1) is 0 Å². The monoisotopic (exact) mass is 255 g/mol. The van der Waals surface area contributed by atoms with E-state index in [9.17, 15) is 4.79 Å². The number of carbonyl (C=O) groups is 1. The summed E-state index contributed by atoms with van der Waals surface area (Å²) in [4.78, 5) is 10.9. The molecule has 3 nitrogen and oxygen atoms in total. The third kappa shape index (κ3) is 1.68. The molecule has 0 aliphatic carbocycles. The molecule has 3 N–H and O–H groups in total. The number of rotatable bonds is 1. The number of anilines is 1. The third-order valence-corrected chi connectivity index (χ3v) is 2.95. The average Bonchev–Trinajstić information content (AvgIpc) is 2.22. The van der Waals surface area contributed by atoms with E-state index in [1.807, 2.05) is 0 Å². The lowest BCUT2D eigenvalue weighted by atomic mass is 10.0. The van der Waals surface area contributed by atoms with Crippen molar-refractivity contribution in [2.24, 2.45) is 0 Å². The fraction of sp³-hybridized carbons (Fsp3) is 0. The number of halogens is 2. The van der Waals surface area contributed by atoms with Crippen LogP contribution in [0.4, 0.5) is 5.69 Å². The number of hydrogen-bond donors (Lipinski definition) is 2. The highest BCUT2D eigenvalue weighted by Crippen LogP contribution is 2.33. The molecule has 5 heteroatoms. The molecular formula is C11H7Cl2NO2. The van der Waals surface area contributed by atoms with Crippen LogP contribution in [0.5, 0.6) is 0 Å². The summed E-state index contributed by atoms with van der Waals surface area (Å²) in [5.41, 5.74) is 5.70. The Labute approximate surface area is 101 Å². The lowest BCUT2D eigenvalue weighted by Crippen LogP contribution is -2.03. The van der Waals surface area contributed by atoms with Crippen molar-refractivity contribution in [3.8, 4) is 0 Å². The largest absolute Gasteiger partial charge is 0.478 e. The highest BCUT2D eigenvalue weighted by atomic mass is 35.5. The van der Waals surface area contributed by atoms with Crippen LogP contribution in [0.15, 0.2) is 24.3 Å². The van der Waals surface area contributed by atoms with Gasteiger partial charge < -0.3 is 10.8 Å². The first-order chi connectivity index (χ1) is 7.50. The number of nitrogens with two attached hydrogens (primary N) is 1. The van der Waals surface area contributed by atoms with Crippen LogP contribution in [0.3, 0.4) is 0 Å². The van der Waals surface area contributed by atoms with Crippen molar-refractivity contribution in [1.29, 1.82) is 0 Å². The molecule has 16 heavy (non-hydrogen) atoms. The van der Waals surface area contributed by atoms with E-state index in [1.54, 1.807) is 18.2 Å². The van der Waals surface area contributed by atoms with Gasteiger partial charge in [-0.1, -0.05) is 29.3 Å². The fourth-order valence-electron chi connectivity index (χ4n) is 1.53. The van der Waals surface area contributed by atoms with E-state index in [-0.39, 0.29) is 16.3 Å². The lowest BCUT2D eigenvalue weighted by molar-refractivity contribution is 0.0698. The van der Waals surface area contributed by atoms with Gasteiger partial charge in [-0.25, -0.2) is 4.79 Å². The van der Waals surface area contributed by atoms with Crippen molar-refractivity contribution in [2.45, 2.75) is 0 Å². The maximum Gasteiger partial charge on any atom is 0.337 e. The minimum absolute atomic E-state index is 0.0141. The van der Waals surface area contributed by atoms with Crippen LogP contribution >= 0.6 is 23.2 Å². The zero-order chi connectivity index (χ0) is 11.9. The molecule has 0 amide bonds. The Morgan fingerprint density at radius 1 is 1.25 bits per heavy atom. The Balaban J connectivity index is 2.88. The normalized spacial score (nSPS) is 10.6. The van der Waals surface area contributed by atoms with Gasteiger partial charge in [0.05, 0.1) is 16.3 Å². The molecule has 0 fully saturated rings. The number of hydrogen-bond acceptors (Lipinski definition) is 2. The molecule has 0 saturated carbocycles. The predicted octanol–water partition coefficient (Wildman–Crippen LogP) is 3.43. The summed E-state index contributed by atoms with van der Waals surface area (Å²) in [5, 5.41) is 11.1. The van der Waals surface area contributed by atoms with Crippen LogP contribution in [0.25, 0.3) is 10.8 Å². The number of benzene rings is 2. The van der Waals surface area contributed by atoms with Gasteiger partial charge in [-0.05, 0) is 23.6 Å². The lowest BCUT2D eigenvalue weighted by Gasteiger charge is -2.07. The molecule has 0 unspecified atom stereocenters. The molecule has 0 heterocycles. The van der Waals surface area contributed by atoms with Crippen LogP contribution in [0.2, 0.25) is 10.0 Å². The molecule has 0 spiro atoms. The summed E-state index contributed by atoms with van der Waals surface area (Å²) < 4.78 is 0. The number of nitrogen functional groups attached to an aromatic ring is 1. The van der Waals surface area contributed by atoms with Crippen molar-refractivity contribution in [2.75, 3.05) is 5.73 Å². The smallest absolute Gasteiger partial charge is 0.337 e. The SMILES string of the molecule is Nc1c(C(=O)O)cc2cc(Cl)ccc2c1Cl. The van der Waals surface area contributed by atoms with Gasteiger partial charge in [0.1, 0.15) is 0 Å². The average molecular weight is 256 g/mol. The number of fused-ring (bicyclic) bond motifs is 1. The standard InChI is InChI=1S/C11H7Cl2NO2/c12-6-1-2-7-5(3-6)4-8(11(15)16)10(14)9(7)13/h1-4H,14H2,(H,15,16). The summed E-state index contributed by atoms with van der Waals surface area (Å²) >= 11 is 11.8. The van der Waals surface area contributed by atoms with Gasteiger partial charge in [0.15, 0.2) is 0 Å². The van der Waals surface area contributed by atoms with Crippen molar-refractivity contribution in [3.63, 3.8) is 0 Å². The minimum Gasteiger partial charge on any atom is -0.478 e. The Bertz CT molecular complexity index is 596. The Morgan fingerprint density at radius 2 is 1.94 bits per heavy atom. The van der Waals surface area contributed by atoms with E-state index in [4.69, 9.17) is 34.0 Å². The van der Waals surface area contributed by atoms with E-state index in [1.165, 1.54) is 6.07 Å². The van der Waals surface area contributed by atoms with Gasteiger partial charge in [-0.3, -0.25) is 0 Å². The van der Waals surface area contributed by atoms with Gasteiger partial charge in [-0.2, -0.15) is 0 Å². The van der Waals surface area contributed by atoms with Crippen molar-refractivity contribution in [3.05, 3.63) is 39.9 Å². The van der Waals surface area contributed by atoms with E-state index in [0.29, 0.717) is 15.8 Å². The summed E-state index contributed by atoms with van der Waals surface area (Å²) in [5.74, 6) is -1.11. The summed E-state index contributed by atoms with van der Waals surface area (Å²) in [6, 6.07) is 6.50. The molecule has 0 atom stereocenters. The summed E-state index contributed by atoms with van der Waals surface area (Å²) in [6.07, 6.45) is 0. The first-order valence-electron chi connectivity index (χ1n) is 4.41. The third-order valence-electron chi connectivity index (χ3n) is 2.31. The number of carboxylic acids is 1. The van der Waals surface area contributed by atoms with Crippen LogP contribution in [0, 0.1) is 0 Å². The first kappa shape index (κ1) is 11.0. The first-order valence-corrected chi connectivity index (χ1v) is 5.17. The zero-order valence-electron chi connectivity index (χ0n) is 8.00. The maximum atomic E-state index is 10.9. The van der Waals surface area contributed by atoms with Crippen molar-refractivity contribution < 1.29 is 9.90 Å². The topological polar surface area (TPSA) is 63.3 Å². The highest BCUT2D eigenvalue weighted by Gasteiger charge is 2.14. The Kier molecular flexibility index (Phi) is 2.66. The quantitative estimate of drug-likeness (QED) is 0.768. The van der Waals surface area contributed by atoms with E-state index < -0.39 is 5.97 Å². The van der Waals surface area contributed by atoms with Gasteiger partial charge in [0.2, 0.25) is 0 Å². The van der Waals surface area contributed by atoms with Crippen LogP contribution in [-0.2, 0) is 0 Å². The molecule has 0 bridgehead atoms. The predicted molar refractivity (Wildman–Crippen MR) is 65.3 cm³/mol. The Morgan fingerprint density at radius 3 is 2.56 bits per heavy atom. The van der Waals surface area contributed by atoms with Crippen molar-refractivity contribution in [1.82, 2.24) is 0 Å². The van der Waals surface area contributed by atoms with Crippen LogP contribution in [0.1, 0.15) is 10.4 Å². The molecule has 82 valence electrons. The maximum absolute atomic E-state index is 10.9. The second-order valence-electron chi connectivity index (χ2n) is 3.32. The molecular weight excluding hydrogens is 249 g/mol. The molecule has 0 aliphatic rings. The highest BCUT2D eigenvalue weighted by molar-refractivity contribution is 6.39. The molecule has 0 aromatic heterocycles.